The maximum Gasteiger partial charge on any atom is 0.270 e. The summed E-state index contributed by atoms with van der Waals surface area (Å²) in [6.07, 6.45) is 6.54. The Bertz CT molecular complexity index is 514. The second-order valence-corrected chi connectivity index (χ2v) is 5.99. The predicted molar refractivity (Wildman–Crippen MR) is 76.8 cm³/mol. The van der Waals surface area contributed by atoms with Crippen molar-refractivity contribution in [3.63, 3.8) is 0 Å². The van der Waals surface area contributed by atoms with E-state index in [2.05, 4.69) is 10.3 Å². The molecule has 3 atom stereocenters. The highest BCUT2D eigenvalue weighted by Gasteiger charge is 2.40. The fourth-order valence-electron chi connectivity index (χ4n) is 3.34. The van der Waals surface area contributed by atoms with Gasteiger partial charge in [-0.05, 0) is 43.2 Å². The number of nitrogens with one attached hydrogen (secondary N) is 1. The number of pyridine rings is 1. The Morgan fingerprint density at radius 1 is 1.37 bits per heavy atom. The summed E-state index contributed by atoms with van der Waals surface area (Å²) >= 11 is 4.86. The van der Waals surface area contributed by atoms with Crippen molar-refractivity contribution in [2.45, 2.75) is 31.7 Å². The van der Waals surface area contributed by atoms with E-state index in [1.807, 2.05) is 0 Å². The Kier molecular flexibility index (Phi) is 3.22. The van der Waals surface area contributed by atoms with E-state index in [1.54, 1.807) is 18.3 Å². The van der Waals surface area contributed by atoms with Gasteiger partial charge in [0.2, 0.25) is 0 Å². The molecule has 1 aromatic rings. The molecule has 100 valence electrons. The molecular weight excluding hydrogens is 258 g/mol. The number of hydrogen-bond acceptors (Lipinski definition) is 3. The van der Waals surface area contributed by atoms with Crippen molar-refractivity contribution in [3.05, 3.63) is 29.6 Å². The number of nitrogens with two attached hydrogens (primary N) is 1. The van der Waals surface area contributed by atoms with Crippen LogP contribution in [-0.4, -0.2) is 21.9 Å². The molecule has 5 heteroatoms. The minimum atomic E-state index is -0.0907. The molecule has 0 aliphatic heterocycles. The summed E-state index contributed by atoms with van der Waals surface area (Å²) in [6, 6.07) is 3.76. The number of thiocarbonyl (C=S) groups is 1. The van der Waals surface area contributed by atoms with Gasteiger partial charge in [-0.25, -0.2) is 0 Å². The van der Waals surface area contributed by atoms with Crippen molar-refractivity contribution < 1.29 is 4.79 Å². The first kappa shape index (κ1) is 12.5. The van der Waals surface area contributed by atoms with Crippen molar-refractivity contribution >= 4 is 23.1 Å². The van der Waals surface area contributed by atoms with Crippen molar-refractivity contribution in [1.82, 2.24) is 10.3 Å². The van der Waals surface area contributed by atoms with Crippen LogP contribution in [0.3, 0.4) is 0 Å². The summed E-state index contributed by atoms with van der Waals surface area (Å²) in [5.41, 5.74) is 6.62. The molecule has 1 heterocycles. The molecule has 0 saturated heterocycles. The summed E-state index contributed by atoms with van der Waals surface area (Å²) < 4.78 is 0. The third kappa shape index (κ3) is 2.47. The first-order valence-corrected chi connectivity index (χ1v) is 7.11. The minimum Gasteiger partial charge on any atom is -0.389 e. The number of rotatable bonds is 3. The molecule has 2 aliphatic rings. The van der Waals surface area contributed by atoms with E-state index in [4.69, 9.17) is 18.0 Å². The summed E-state index contributed by atoms with van der Waals surface area (Å²) in [4.78, 5) is 16.5. The van der Waals surface area contributed by atoms with Crippen LogP contribution in [-0.2, 0) is 0 Å². The molecule has 1 amide bonds. The van der Waals surface area contributed by atoms with Crippen LogP contribution in [0.1, 0.15) is 41.7 Å². The topological polar surface area (TPSA) is 68.0 Å². The van der Waals surface area contributed by atoms with E-state index in [1.165, 1.54) is 19.3 Å². The van der Waals surface area contributed by atoms with Crippen LogP contribution >= 0.6 is 12.2 Å². The molecule has 4 nitrogen and oxygen atoms in total. The van der Waals surface area contributed by atoms with E-state index < -0.39 is 0 Å². The number of nitrogens with zero attached hydrogens (tertiary/aromatic N) is 1. The number of amides is 1. The molecule has 2 bridgehead atoms. The van der Waals surface area contributed by atoms with Gasteiger partial charge >= 0.3 is 0 Å². The van der Waals surface area contributed by atoms with Crippen LogP contribution < -0.4 is 11.1 Å². The largest absolute Gasteiger partial charge is 0.389 e. The quantitative estimate of drug-likeness (QED) is 0.823. The molecule has 2 aliphatic carbocycles. The summed E-state index contributed by atoms with van der Waals surface area (Å²) in [7, 11) is 0. The maximum absolute atomic E-state index is 12.1. The normalized spacial score (nSPS) is 28.3. The van der Waals surface area contributed by atoms with Crippen LogP contribution in [0.2, 0.25) is 0 Å². The van der Waals surface area contributed by atoms with Crippen LogP contribution in [0.4, 0.5) is 0 Å². The first-order valence-electron chi connectivity index (χ1n) is 6.70. The average molecular weight is 275 g/mol. The van der Waals surface area contributed by atoms with Gasteiger partial charge in [-0.2, -0.15) is 0 Å². The summed E-state index contributed by atoms with van der Waals surface area (Å²) in [5.74, 6) is 1.40. The van der Waals surface area contributed by atoms with Crippen molar-refractivity contribution in [2.75, 3.05) is 0 Å². The molecule has 3 N–H and O–H groups in total. The Labute approximate surface area is 117 Å². The van der Waals surface area contributed by atoms with Gasteiger partial charge < -0.3 is 11.1 Å². The van der Waals surface area contributed by atoms with E-state index in [0.29, 0.717) is 28.2 Å². The fraction of sp³-hybridized carbons (Fsp3) is 0.500. The van der Waals surface area contributed by atoms with Crippen molar-refractivity contribution in [3.8, 4) is 0 Å². The number of hydrogen-bond donors (Lipinski definition) is 2. The number of fused-ring (bicyclic) bond motifs is 2. The van der Waals surface area contributed by atoms with Crippen molar-refractivity contribution in [1.29, 1.82) is 0 Å². The molecule has 0 spiro atoms. The fourth-order valence-corrected chi connectivity index (χ4v) is 3.46. The van der Waals surface area contributed by atoms with Gasteiger partial charge in [0, 0.05) is 17.8 Å². The maximum atomic E-state index is 12.1. The van der Waals surface area contributed by atoms with Crippen LogP contribution in [0, 0.1) is 11.8 Å². The van der Waals surface area contributed by atoms with Gasteiger partial charge in [-0.3, -0.25) is 9.78 Å². The molecule has 1 aromatic heterocycles. The van der Waals surface area contributed by atoms with Gasteiger partial charge in [0.1, 0.15) is 10.7 Å². The zero-order valence-electron chi connectivity index (χ0n) is 10.6. The van der Waals surface area contributed by atoms with Crippen LogP contribution in [0.25, 0.3) is 0 Å². The lowest BCUT2D eigenvalue weighted by Gasteiger charge is -2.22. The second-order valence-electron chi connectivity index (χ2n) is 5.55. The van der Waals surface area contributed by atoms with Gasteiger partial charge in [0.25, 0.3) is 5.91 Å². The molecule has 0 aromatic carbocycles. The van der Waals surface area contributed by atoms with Gasteiger partial charge in [-0.15, -0.1) is 0 Å². The third-order valence-corrected chi connectivity index (χ3v) is 4.57. The van der Waals surface area contributed by atoms with Crippen LogP contribution in [0.15, 0.2) is 18.3 Å². The smallest absolute Gasteiger partial charge is 0.270 e. The van der Waals surface area contributed by atoms with E-state index >= 15 is 0 Å². The number of carbonyl (C=O) groups excluding carboxylic acids is 1. The van der Waals surface area contributed by atoms with E-state index in [0.717, 1.165) is 12.3 Å². The lowest BCUT2D eigenvalue weighted by atomic mass is 9.95. The molecular formula is C14H17N3OS. The Morgan fingerprint density at radius 3 is 2.74 bits per heavy atom. The summed E-state index contributed by atoms with van der Waals surface area (Å²) in [6.45, 7) is 0. The second kappa shape index (κ2) is 4.89. The van der Waals surface area contributed by atoms with Gasteiger partial charge in [0.15, 0.2) is 0 Å². The Balaban J connectivity index is 1.65. The molecule has 2 fully saturated rings. The minimum absolute atomic E-state index is 0.0907. The standard InChI is InChI=1S/C14H17N3OS/c15-13(19)10-3-4-11(16-7-10)14(18)17-12-6-8-1-2-9(12)5-8/h3-4,7-9,12H,1-2,5-6H2,(H2,15,19)(H,17,18). The number of carbonyl (C=O) groups is 1. The monoisotopic (exact) mass is 275 g/mol. The zero-order valence-corrected chi connectivity index (χ0v) is 11.5. The van der Waals surface area contributed by atoms with Gasteiger partial charge in [0.05, 0.1) is 0 Å². The van der Waals surface area contributed by atoms with Crippen molar-refractivity contribution in [2.24, 2.45) is 17.6 Å². The molecule has 2 saturated carbocycles. The highest BCUT2D eigenvalue weighted by molar-refractivity contribution is 7.80. The average Bonchev–Trinajstić information content (AvgIpc) is 3.01. The lowest BCUT2D eigenvalue weighted by Crippen LogP contribution is -2.38. The molecule has 3 rings (SSSR count). The lowest BCUT2D eigenvalue weighted by molar-refractivity contribution is 0.0918. The summed E-state index contributed by atoms with van der Waals surface area (Å²) in [5, 5.41) is 3.11. The zero-order chi connectivity index (χ0) is 13.4. The molecule has 19 heavy (non-hydrogen) atoms. The van der Waals surface area contributed by atoms with E-state index in [9.17, 15) is 4.79 Å². The number of aromatic nitrogens is 1. The SMILES string of the molecule is NC(=S)c1ccc(C(=O)NC2CC3CCC2C3)nc1. The molecule has 3 unspecified atom stereocenters. The van der Waals surface area contributed by atoms with Gasteiger partial charge in [-0.1, -0.05) is 18.6 Å². The molecule has 0 radical (unpaired) electrons. The Morgan fingerprint density at radius 2 is 2.21 bits per heavy atom. The Hall–Kier alpha value is -1.49. The predicted octanol–water partition coefficient (Wildman–Crippen LogP) is 1.63. The highest BCUT2D eigenvalue weighted by Crippen LogP contribution is 2.44. The van der Waals surface area contributed by atoms with E-state index in [-0.39, 0.29) is 5.91 Å². The highest BCUT2D eigenvalue weighted by atomic mass is 32.1. The third-order valence-electron chi connectivity index (χ3n) is 4.34. The first-order chi connectivity index (χ1) is 9.13. The van der Waals surface area contributed by atoms with Crippen LogP contribution in [0.5, 0.6) is 0 Å².